The van der Waals surface area contributed by atoms with Gasteiger partial charge in [0.2, 0.25) is 0 Å². The Morgan fingerprint density at radius 2 is 2.05 bits per heavy atom. The molecule has 1 aliphatic rings. The van der Waals surface area contributed by atoms with Gasteiger partial charge in [0.15, 0.2) is 0 Å². The summed E-state index contributed by atoms with van der Waals surface area (Å²) in [6.45, 7) is 0.984. The highest BCUT2D eigenvalue weighted by molar-refractivity contribution is 6.02. The molecule has 1 saturated heterocycles. The van der Waals surface area contributed by atoms with Crippen molar-refractivity contribution in [2.75, 3.05) is 11.9 Å². The Bertz CT molecular complexity index is 636. The number of carbonyl (C=O) groups excluding carboxylic acids is 1. The third-order valence-electron chi connectivity index (χ3n) is 3.52. The molecule has 1 atom stereocenters. The summed E-state index contributed by atoms with van der Waals surface area (Å²) in [7, 11) is 0. The van der Waals surface area contributed by atoms with Crippen LogP contribution in [0.25, 0.3) is 0 Å². The summed E-state index contributed by atoms with van der Waals surface area (Å²) in [5.41, 5.74) is 1.80. The number of aromatic nitrogens is 1. The van der Waals surface area contributed by atoms with E-state index < -0.39 is 0 Å². The minimum Gasteiger partial charge on any atom is -0.321 e. The first-order valence-corrected chi connectivity index (χ1v) is 6.99. The first kappa shape index (κ1) is 13.7. The van der Waals surface area contributed by atoms with Crippen molar-refractivity contribution in [1.82, 2.24) is 10.3 Å². The van der Waals surface area contributed by atoms with Crippen molar-refractivity contribution in [1.29, 1.82) is 0 Å². The summed E-state index contributed by atoms with van der Waals surface area (Å²) >= 11 is 0. The van der Waals surface area contributed by atoms with Crippen LogP contribution in [0.15, 0.2) is 42.5 Å². The van der Waals surface area contributed by atoms with Crippen LogP contribution in [-0.2, 0) is 0 Å². The maximum atomic E-state index is 12.8. The number of nitrogens with zero attached hydrogens (tertiary/aromatic N) is 1. The Labute approximate surface area is 122 Å². The van der Waals surface area contributed by atoms with Crippen molar-refractivity contribution in [3.8, 4) is 0 Å². The molecule has 0 saturated carbocycles. The van der Waals surface area contributed by atoms with Crippen LogP contribution in [0, 0.1) is 5.82 Å². The molecule has 108 valence electrons. The zero-order valence-corrected chi connectivity index (χ0v) is 11.5. The highest BCUT2D eigenvalue weighted by Crippen LogP contribution is 2.21. The molecule has 1 amide bonds. The molecule has 3 rings (SSSR count). The van der Waals surface area contributed by atoms with Crippen LogP contribution >= 0.6 is 0 Å². The number of anilines is 1. The van der Waals surface area contributed by atoms with E-state index in [1.165, 1.54) is 24.3 Å². The summed E-state index contributed by atoms with van der Waals surface area (Å²) in [6.07, 6.45) is 2.16. The van der Waals surface area contributed by atoms with Crippen molar-refractivity contribution in [3.05, 3.63) is 59.7 Å². The monoisotopic (exact) mass is 285 g/mol. The number of hydrogen-bond donors (Lipinski definition) is 2. The van der Waals surface area contributed by atoms with E-state index in [9.17, 15) is 9.18 Å². The highest BCUT2D eigenvalue weighted by atomic mass is 19.1. The van der Waals surface area contributed by atoms with Gasteiger partial charge in [-0.15, -0.1) is 0 Å². The van der Waals surface area contributed by atoms with Gasteiger partial charge in [0.25, 0.3) is 5.91 Å². The van der Waals surface area contributed by atoms with Crippen molar-refractivity contribution >= 4 is 11.6 Å². The predicted octanol–water partition coefficient (Wildman–Crippen LogP) is 2.90. The third-order valence-corrected chi connectivity index (χ3v) is 3.52. The first-order valence-electron chi connectivity index (χ1n) is 6.99. The lowest BCUT2D eigenvalue weighted by Gasteiger charge is -2.11. The SMILES string of the molecule is O=C(Nc1ccc(F)cc1)c1cccc([C@H]2CCCN2)n1. The number of pyridine rings is 1. The number of amides is 1. The van der Waals surface area contributed by atoms with Gasteiger partial charge in [0.1, 0.15) is 11.5 Å². The fourth-order valence-corrected chi connectivity index (χ4v) is 2.44. The average Bonchev–Trinajstić information content (AvgIpc) is 3.04. The van der Waals surface area contributed by atoms with Crippen LogP contribution in [0.2, 0.25) is 0 Å². The average molecular weight is 285 g/mol. The van der Waals surface area contributed by atoms with Gasteiger partial charge < -0.3 is 10.6 Å². The molecule has 2 aromatic rings. The number of carbonyl (C=O) groups is 1. The van der Waals surface area contributed by atoms with E-state index in [0.717, 1.165) is 25.1 Å². The Kier molecular flexibility index (Phi) is 3.92. The molecule has 1 fully saturated rings. The Morgan fingerprint density at radius 3 is 2.76 bits per heavy atom. The van der Waals surface area contributed by atoms with Crippen LogP contribution in [0.5, 0.6) is 0 Å². The Morgan fingerprint density at radius 1 is 1.24 bits per heavy atom. The van der Waals surface area contributed by atoms with Gasteiger partial charge in [-0.05, 0) is 55.8 Å². The van der Waals surface area contributed by atoms with E-state index in [2.05, 4.69) is 15.6 Å². The molecule has 0 bridgehead atoms. The lowest BCUT2D eigenvalue weighted by Crippen LogP contribution is -2.18. The number of rotatable bonds is 3. The van der Waals surface area contributed by atoms with Crippen LogP contribution in [-0.4, -0.2) is 17.4 Å². The maximum Gasteiger partial charge on any atom is 0.274 e. The van der Waals surface area contributed by atoms with Crippen molar-refractivity contribution in [2.24, 2.45) is 0 Å². The summed E-state index contributed by atoms with van der Waals surface area (Å²) in [5.74, 6) is -0.623. The summed E-state index contributed by atoms with van der Waals surface area (Å²) in [4.78, 5) is 16.6. The van der Waals surface area contributed by atoms with E-state index in [0.29, 0.717) is 11.4 Å². The quantitative estimate of drug-likeness (QED) is 0.911. The number of benzene rings is 1. The molecule has 1 aromatic heterocycles. The van der Waals surface area contributed by atoms with Gasteiger partial charge in [-0.25, -0.2) is 9.37 Å². The predicted molar refractivity (Wildman–Crippen MR) is 78.6 cm³/mol. The highest BCUT2D eigenvalue weighted by Gasteiger charge is 2.18. The molecular formula is C16H16FN3O. The van der Waals surface area contributed by atoms with Gasteiger partial charge in [0, 0.05) is 11.7 Å². The third kappa shape index (κ3) is 3.25. The molecule has 4 nitrogen and oxygen atoms in total. The van der Waals surface area contributed by atoms with E-state index in [4.69, 9.17) is 0 Å². The molecule has 0 spiro atoms. The summed E-state index contributed by atoms with van der Waals surface area (Å²) in [6, 6.07) is 11.3. The van der Waals surface area contributed by atoms with Gasteiger partial charge >= 0.3 is 0 Å². The molecule has 2 heterocycles. The van der Waals surface area contributed by atoms with Crippen molar-refractivity contribution in [3.63, 3.8) is 0 Å². The van der Waals surface area contributed by atoms with E-state index in [1.54, 1.807) is 6.07 Å². The van der Waals surface area contributed by atoms with Gasteiger partial charge in [0.05, 0.1) is 5.69 Å². The first-order chi connectivity index (χ1) is 10.2. The molecule has 1 aromatic carbocycles. The molecule has 5 heteroatoms. The number of halogens is 1. The second-order valence-electron chi connectivity index (χ2n) is 5.06. The van der Waals surface area contributed by atoms with Crippen LogP contribution in [0.4, 0.5) is 10.1 Å². The largest absolute Gasteiger partial charge is 0.321 e. The number of nitrogens with one attached hydrogen (secondary N) is 2. The zero-order valence-electron chi connectivity index (χ0n) is 11.5. The second-order valence-corrected chi connectivity index (χ2v) is 5.06. The molecule has 1 aliphatic heterocycles. The zero-order chi connectivity index (χ0) is 14.7. The molecule has 21 heavy (non-hydrogen) atoms. The normalized spacial score (nSPS) is 17.7. The standard InChI is InChI=1S/C16H16FN3O/c17-11-6-8-12(9-7-11)19-16(21)15-4-1-3-14(20-15)13-5-2-10-18-13/h1,3-4,6-9,13,18H,2,5,10H2,(H,19,21)/t13-/m1/s1. The van der Waals surface area contributed by atoms with Gasteiger partial charge in [-0.1, -0.05) is 6.07 Å². The van der Waals surface area contributed by atoms with Crippen molar-refractivity contribution < 1.29 is 9.18 Å². The molecule has 0 aliphatic carbocycles. The van der Waals surface area contributed by atoms with E-state index in [1.807, 2.05) is 12.1 Å². The smallest absolute Gasteiger partial charge is 0.274 e. The lowest BCUT2D eigenvalue weighted by atomic mass is 10.1. The second kappa shape index (κ2) is 6.01. The lowest BCUT2D eigenvalue weighted by molar-refractivity contribution is 0.102. The van der Waals surface area contributed by atoms with E-state index >= 15 is 0 Å². The molecule has 2 N–H and O–H groups in total. The summed E-state index contributed by atoms with van der Waals surface area (Å²) < 4.78 is 12.8. The summed E-state index contributed by atoms with van der Waals surface area (Å²) in [5, 5.41) is 6.07. The minimum atomic E-state index is -0.333. The molecule has 0 radical (unpaired) electrons. The van der Waals surface area contributed by atoms with E-state index in [-0.39, 0.29) is 17.8 Å². The van der Waals surface area contributed by atoms with Crippen molar-refractivity contribution in [2.45, 2.75) is 18.9 Å². The minimum absolute atomic E-state index is 0.226. The van der Waals surface area contributed by atoms with Gasteiger partial charge in [-0.2, -0.15) is 0 Å². The Balaban J connectivity index is 1.74. The van der Waals surface area contributed by atoms with Crippen LogP contribution in [0.3, 0.4) is 0 Å². The fraction of sp³-hybridized carbons (Fsp3) is 0.250. The fourth-order valence-electron chi connectivity index (χ4n) is 2.44. The molecular weight excluding hydrogens is 269 g/mol. The molecule has 0 unspecified atom stereocenters. The van der Waals surface area contributed by atoms with Crippen LogP contribution < -0.4 is 10.6 Å². The van der Waals surface area contributed by atoms with Gasteiger partial charge in [-0.3, -0.25) is 4.79 Å². The topological polar surface area (TPSA) is 54.0 Å². The number of hydrogen-bond acceptors (Lipinski definition) is 3. The maximum absolute atomic E-state index is 12.8. The Hall–Kier alpha value is -2.27. The van der Waals surface area contributed by atoms with Crippen LogP contribution in [0.1, 0.15) is 35.1 Å².